The zero-order valence-corrected chi connectivity index (χ0v) is 19.2. The van der Waals surface area contributed by atoms with Gasteiger partial charge in [-0.25, -0.2) is 0 Å². The van der Waals surface area contributed by atoms with Crippen molar-refractivity contribution >= 4 is 28.9 Å². The van der Waals surface area contributed by atoms with Crippen molar-refractivity contribution in [2.75, 3.05) is 31.0 Å². The molecule has 0 spiro atoms. The number of methoxy groups -OCH3 is 1. The highest BCUT2D eigenvalue weighted by Gasteiger charge is 2.15. The van der Waals surface area contributed by atoms with Gasteiger partial charge in [-0.3, -0.25) is 4.79 Å². The number of carbonyl (C=O) groups is 1. The quantitative estimate of drug-likeness (QED) is 0.412. The molecule has 0 heterocycles. The van der Waals surface area contributed by atoms with E-state index < -0.39 is 0 Å². The molecule has 32 heavy (non-hydrogen) atoms. The summed E-state index contributed by atoms with van der Waals surface area (Å²) in [6.45, 7) is 4.64. The third-order valence-corrected chi connectivity index (χ3v) is 4.89. The van der Waals surface area contributed by atoms with E-state index in [1.54, 1.807) is 13.2 Å². The van der Waals surface area contributed by atoms with Crippen LogP contribution in [0.4, 0.5) is 11.4 Å². The fraction of sp³-hybridized carbons (Fsp3) is 0.240. The maximum absolute atomic E-state index is 12.3. The molecule has 0 unspecified atom stereocenters. The van der Waals surface area contributed by atoms with Crippen molar-refractivity contribution < 1.29 is 19.0 Å². The molecule has 1 amide bonds. The van der Waals surface area contributed by atoms with Crippen molar-refractivity contribution in [3.63, 3.8) is 0 Å². The van der Waals surface area contributed by atoms with E-state index in [2.05, 4.69) is 10.6 Å². The number of benzene rings is 3. The highest BCUT2D eigenvalue weighted by molar-refractivity contribution is 6.32. The average molecular weight is 455 g/mol. The first-order valence-corrected chi connectivity index (χ1v) is 10.7. The molecule has 3 aromatic carbocycles. The van der Waals surface area contributed by atoms with E-state index in [1.165, 1.54) is 0 Å². The number of nitrogens with one attached hydrogen (secondary N) is 2. The molecule has 0 saturated carbocycles. The number of anilines is 2. The minimum absolute atomic E-state index is 0.183. The van der Waals surface area contributed by atoms with Crippen LogP contribution in [0.15, 0.2) is 60.7 Å². The molecular weight excluding hydrogens is 428 g/mol. The van der Waals surface area contributed by atoms with Crippen molar-refractivity contribution in [1.29, 1.82) is 0 Å². The van der Waals surface area contributed by atoms with E-state index in [1.807, 2.05) is 68.4 Å². The van der Waals surface area contributed by atoms with Gasteiger partial charge >= 0.3 is 0 Å². The normalized spacial score (nSPS) is 10.4. The number of aryl methyl sites for hydroxylation is 1. The van der Waals surface area contributed by atoms with Crippen LogP contribution in [0.5, 0.6) is 17.2 Å². The number of hydrogen-bond donors (Lipinski definition) is 2. The molecule has 0 aromatic heterocycles. The summed E-state index contributed by atoms with van der Waals surface area (Å²) in [4.78, 5) is 12.3. The molecule has 0 fully saturated rings. The maximum Gasteiger partial charge on any atom is 0.262 e. The molecule has 0 aliphatic heterocycles. The molecule has 2 N–H and O–H groups in total. The second-order valence-corrected chi connectivity index (χ2v) is 7.53. The van der Waals surface area contributed by atoms with Gasteiger partial charge in [0.05, 0.1) is 18.7 Å². The van der Waals surface area contributed by atoms with E-state index in [0.717, 1.165) is 28.3 Å². The van der Waals surface area contributed by atoms with E-state index in [0.29, 0.717) is 29.7 Å². The lowest BCUT2D eigenvalue weighted by atomic mass is 10.2. The number of carbonyl (C=O) groups excluding carboxylic acids is 1. The molecule has 0 aliphatic rings. The van der Waals surface area contributed by atoms with Crippen molar-refractivity contribution in [3.8, 4) is 17.2 Å². The summed E-state index contributed by atoms with van der Waals surface area (Å²) in [6, 6.07) is 18.9. The monoisotopic (exact) mass is 454 g/mol. The summed E-state index contributed by atoms with van der Waals surface area (Å²) < 4.78 is 16.6. The summed E-state index contributed by atoms with van der Waals surface area (Å²) in [5.41, 5.74) is 3.65. The molecule has 0 aliphatic carbocycles. The van der Waals surface area contributed by atoms with Crippen LogP contribution in [0, 0.1) is 6.92 Å². The minimum atomic E-state index is -0.278. The van der Waals surface area contributed by atoms with E-state index >= 15 is 0 Å². The molecule has 7 heteroatoms. The summed E-state index contributed by atoms with van der Waals surface area (Å²) >= 11 is 6.48. The number of ether oxygens (including phenoxy) is 3. The van der Waals surface area contributed by atoms with Gasteiger partial charge in [-0.15, -0.1) is 0 Å². The summed E-state index contributed by atoms with van der Waals surface area (Å²) in [5.74, 6) is 1.36. The number of halogens is 1. The molecule has 3 rings (SSSR count). The molecule has 168 valence electrons. The maximum atomic E-state index is 12.3. The molecule has 3 aromatic rings. The van der Waals surface area contributed by atoms with Crippen molar-refractivity contribution in [1.82, 2.24) is 0 Å². The first-order chi connectivity index (χ1) is 15.5. The Morgan fingerprint density at radius 1 is 1.00 bits per heavy atom. The standard InChI is InChI=1S/C25H27ClN2O4/c1-4-31-23-14-18(15-27-19-8-10-21(30-3)11-9-19)13-22(26)25(23)32-16-24(29)28-20-7-5-6-17(2)12-20/h5-14,27H,4,15-16H2,1-3H3,(H,28,29). The Hall–Kier alpha value is -3.38. The smallest absolute Gasteiger partial charge is 0.262 e. The Morgan fingerprint density at radius 3 is 2.47 bits per heavy atom. The molecular formula is C25H27ClN2O4. The molecule has 0 saturated heterocycles. The SMILES string of the molecule is CCOc1cc(CNc2ccc(OC)cc2)cc(Cl)c1OCC(=O)Nc1cccc(C)c1. The second-order valence-electron chi connectivity index (χ2n) is 7.13. The van der Waals surface area contributed by atoms with Gasteiger partial charge in [0.25, 0.3) is 5.91 Å². The number of hydrogen-bond acceptors (Lipinski definition) is 5. The van der Waals surface area contributed by atoms with Gasteiger partial charge in [-0.1, -0.05) is 23.7 Å². The highest BCUT2D eigenvalue weighted by Crippen LogP contribution is 2.37. The van der Waals surface area contributed by atoms with Gasteiger partial charge in [-0.2, -0.15) is 0 Å². The third-order valence-electron chi connectivity index (χ3n) is 4.61. The van der Waals surface area contributed by atoms with E-state index in [-0.39, 0.29) is 12.5 Å². The Bertz CT molecular complexity index is 1050. The Morgan fingerprint density at radius 2 is 1.78 bits per heavy atom. The van der Waals surface area contributed by atoms with Gasteiger partial charge in [0.1, 0.15) is 5.75 Å². The lowest BCUT2D eigenvalue weighted by molar-refractivity contribution is -0.118. The van der Waals surface area contributed by atoms with Crippen molar-refractivity contribution in [2.45, 2.75) is 20.4 Å². The van der Waals surface area contributed by atoms with Gasteiger partial charge in [0.2, 0.25) is 0 Å². The molecule has 6 nitrogen and oxygen atoms in total. The lowest BCUT2D eigenvalue weighted by Crippen LogP contribution is -2.20. The third kappa shape index (κ3) is 6.56. The van der Waals surface area contributed by atoms with Crippen molar-refractivity contribution in [3.05, 3.63) is 76.8 Å². The summed E-state index contributed by atoms with van der Waals surface area (Å²) in [7, 11) is 1.63. The predicted molar refractivity (Wildman–Crippen MR) is 128 cm³/mol. The minimum Gasteiger partial charge on any atom is -0.497 e. The Balaban J connectivity index is 1.65. The summed E-state index contributed by atoms with van der Waals surface area (Å²) in [6.07, 6.45) is 0. The van der Waals surface area contributed by atoms with Crippen LogP contribution in [-0.2, 0) is 11.3 Å². The van der Waals surface area contributed by atoms with E-state index in [9.17, 15) is 4.79 Å². The fourth-order valence-electron chi connectivity index (χ4n) is 3.10. The van der Waals surface area contributed by atoms with Crippen LogP contribution in [0.25, 0.3) is 0 Å². The van der Waals surface area contributed by atoms with Crippen molar-refractivity contribution in [2.24, 2.45) is 0 Å². The fourth-order valence-corrected chi connectivity index (χ4v) is 3.38. The van der Waals surface area contributed by atoms with Crippen LogP contribution in [0.3, 0.4) is 0 Å². The Kier molecular flexibility index (Phi) is 8.22. The molecule has 0 radical (unpaired) electrons. The topological polar surface area (TPSA) is 68.8 Å². The zero-order chi connectivity index (χ0) is 22.9. The van der Waals surface area contributed by atoms with Crippen LogP contribution in [0.2, 0.25) is 5.02 Å². The lowest BCUT2D eigenvalue weighted by Gasteiger charge is -2.16. The average Bonchev–Trinajstić information content (AvgIpc) is 2.77. The van der Waals surface area contributed by atoms with Crippen LogP contribution in [0.1, 0.15) is 18.1 Å². The number of amides is 1. The van der Waals surface area contributed by atoms with Crippen LogP contribution < -0.4 is 24.8 Å². The second kappa shape index (κ2) is 11.3. The largest absolute Gasteiger partial charge is 0.497 e. The summed E-state index contributed by atoms with van der Waals surface area (Å²) in [5, 5.41) is 6.53. The first-order valence-electron chi connectivity index (χ1n) is 10.3. The zero-order valence-electron chi connectivity index (χ0n) is 18.4. The highest BCUT2D eigenvalue weighted by atomic mass is 35.5. The van der Waals surface area contributed by atoms with Gasteiger partial charge in [0.15, 0.2) is 18.1 Å². The van der Waals surface area contributed by atoms with E-state index in [4.69, 9.17) is 25.8 Å². The predicted octanol–water partition coefficient (Wildman–Crippen LogP) is 5.69. The number of rotatable bonds is 10. The Labute approximate surface area is 193 Å². The molecule has 0 atom stereocenters. The van der Waals surface area contributed by atoms with Crippen LogP contribution in [-0.4, -0.2) is 26.2 Å². The van der Waals surface area contributed by atoms with Crippen LogP contribution >= 0.6 is 11.6 Å². The van der Waals surface area contributed by atoms with Gasteiger partial charge in [0, 0.05) is 17.9 Å². The first kappa shape index (κ1) is 23.3. The van der Waals surface area contributed by atoms with Gasteiger partial charge < -0.3 is 24.8 Å². The van der Waals surface area contributed by atoms with Gasteiger partial charge in [-0.05, 0) is 73.5 Å². The molecule has 0 bridgehead atoms.